The number of hydrogen-bond acceptors (Lipinski definition) is 2. The average Bonchev–Trinajstić information content (AvgIpc) is 3.00. The Kier molecular flexibility index (Phi) is 5.76. The summed E-state index contributed by atoms with van der Waals surface area (Å²) in [5.74, 6) is -0.260. The van der Waals surface area contributed by atoms with Crippen LogP contribution in [0.2, 0.25) is 0 Å². The molecule has 2 nitrogen and oxygen atoms in total. The minimum absolute atomic E-state index is 0.0239. The first-order chi connectivity index (χ1) is 14.1. The fourth-order valence-corrected chi connectivity index (χ4v) is 4.24. The van der Waals surface area contributed by atoms with Gasteiger partial charge in [-0.3, -0.25) is 0 Å². The Morgan fingerprint density at radius 1 is 0.839 bits per heavy atom. The highest BCUT2D eigenvalue weighted by molar-refractivity contribution is 5.97. The van der Waals surface area contributed by atoms with E-state index in [1.165, 1.54) is 40.5 Å². The molecular formula is C29H38O2. The van der Waals surface area contributed by atoms with Gasteiger partial charge in [0.15, 0.2) is 0 Å². The van der Waals surface area contributed by atoms with Crippen LogP contribution >= 0.6 is 0 Å². The van der Waals surface area contributed by atoms with Gasteiger partial charge in [-0.25, -0.2) is 4.79 Å². The largest absolute Gasteiger partial charge is 0.466 e. The van der Waals surface area contributed by atoms with Crippen LogP contribution in [0.25, 0.3) is 17.2 Å². The van der Waals surface area contributed by atoms with Gasteiger partial charge in [-0.15, -0.1) is 0 Å². The van der Waals surface area contributed by atoms with Gasteiger partial charge < -0.3 is 4.74 Å². The number of carbonyl (C=O) groups excluding carboxylic acids is 1. The van der Waals surface area contributed by atoms with E-state index in [4.69, 9.17) is 4.74 Å². The normalized spacial score (nSPS) is 14.3. The van der Waals surface area contributed by atoms with E-state index in [1.54, 1.807) is 0 Å². The number of rotatable bonds is 2. The molecule has 1 aliphatic rings. The minimum Gasteiger partial charge on any atom is -0.466 e. The summed E-state index contributed by atoms with van der Waals surface area (Å²) in [6, 6.07) is 11.5. The Labute approximate surface area is 188 Å². The average molecular weight is 419 g/mol. The van der Waals surface area contributed by atoms with Gasteiger partial charge in [-0.2, -0.15) is 0 Å². The van der Waals surface area contributed by atoms with E-state index < -0.39 is 0 Å². The summed E-state index contributed by atoms with van der Waals surface area (Å²) >= 11 is 0. The van der Waals surface area contributed by atoms with E-state index in [-0.39, 0.29) is 22.2 Å². The zero-order chi connectivity index (χ0) is 23.4. The third kappa shape index (κ3) is 4.63. The number of ether oxygens (including phenoxy) is 1. The van der Waals surface area contributed by atoms with E-state index in [9.17, 15) is 4.79 Å². The molecule has 31 heavy (non-hydrogen) atoms. The van der Waals surface area contributed by atoms with Crippen LogP contribution in [0.3, 0.4) is 0 Å². The first-order valence-electron chi connectivity index (χ1n) is 11.2. The summed E-state index contributed by atoms with van der Waals surface area (Å²) in [5, 5.41) is 0. The van der Waals surface area contributed by atoms with Crippen molar-refractivity contribution in [2.75, 3.05) is 7.11 Å². The van der Waals surface area contributed by atoms with Gasteiger partial charge in [-0.05, 0) is 67.7 Å². The second-order valence-corrected chi connectivity index (χ2v) is 11.9. The quantitative estimate of drug-likeness (QED) is 0.319. The molecule has 0 N–H and O–H groups in total. The molecule has 0 spiro atoms. The summed E-state index contributed by atoms with van der Waals surface area (Å²) in [4.78, 5) is 12.7. The Morgan fingerprint density at radius 2 is 1.42 bits per heavy atom. The number of esters is 1. The molecule has 0 saturated carbocycles. The molecule has 0 aromatic heterocycles. The number of carbonyl (C=O) groups is 1. The molecule has 1 aliphatic carbocycles. The maximum absolute atomic E-state index is 12.7. The van der Waals surface area contributed by atoms with Gasteiger partial charge in [0, 0.05) is 5.57 Å². The number of hydrogen-bond donors (Lipinski definition) is 0. The van der Waals surface area contributed by atoms with E-state index in [2.05, 4.69) is 98.7 Å². The fraction of sp³-hybridized carbons (Fsp3) is 0.483. The Morgan fingerprint density at radius 3 is 1.94 bits per heavy atom. The molecule has 166 valence electrons. The van der Waals surface area contributed by atoms with Crippen LogP contribution < -0.4 is 0 Å². The molecule has 2 aromatic rings. The molecule has 0 unspecified atom stereocenters. The second-order valence-electron chi connectivity index (χ2n) is 11.9. The van der Waals surface area contributed by atoms with E-state index in [0.29, 0.717) is 5.57 Å². The van der Waals surface area contributed by atoms with Gasteiger partial charge in [0.25, 0.3) is 0 Å². The molecule has 3 rings (SSSR count). The van der Waals surface area contributed by atoms with Crippen LogP contribution in [0.5, 0.6) is 0 Å². The van der Waals surface area contributed by atoms with Crippen molar-refractivity contribution < 1.29 is 9.53 Å². The molecule has 2 aromatic carbocycles. The van der Waals surface area contributed by atoms with Crippen LogP contribution in [0, 0.1) is 5.41 Å². The van der Waals surface area contributed by atoms with E-state index in [0.717, 1.165) is 12.0 Å². The predicted octanol–water partition coefficient (Wildman–Crippen LogP) is 7.46. The van der Waals surface area contributed by atoms with Crippen LogP contribution in [-0.2, 0) is 26.8 Å². The molecule has 2 heteroatoms. The summed E-state index contributed by atoms with van der Waals surface area (Å²) < 4.78 is 5.14. The second kappa shape index (κ2) is 7.65. The van der Waals surface area contributed by atoms with Crippen molar-refractivity contribution >= 4 is 12.0 Å². The van der Waals surface area contributed by atoms with Crippen molar-refractivity contribution in [3.8, 4) is 11.1 Å². The molecule has 0 atom stereocenters. The maximum atomic E-state index is 12.7. The standard InChI is InChI=1S/C29H38O2/c1-27(2,3)21-11-12-23-18(14-21)13-19-15-22(28(4,5)6)16-20(25(19)23)17-24(26(30)31-10)29(7,8)9/h11-12,14-17H,13H2,1-10H3/b24-17-. The highest BCUT2D eigenvalue weighted by Crippen LogP contribution is 2.44. The predicted molar refractivity (Wildman–Crippen MR) is 132 cm³/mol. The van der Waals surface area contributed by atoms with Gasteiger partial charge in [0.2, 0.25) is 0 Å². The molecule has 0 fully saturated rings. The molecule has 0 bridgehead atoms. The zero-order valence-corrected chi connectivity index (χ0v) is 21.0. The van der Waals surface area contributed by atoms with E-state index >= 15 is 0 Å². The van der Waals surface area contributed by atoms with Crippen LogP contribution in [-0.4, -0.2) is 13.1 Å². The fourth-order valence-electron chi connectivity index (χ4n) is 4.24. The number of benzene rings is 2. The highest BCUT2D eigenvalue weighted by Gasteiger charge is 2.29. The summed E-state index contributed by atoms with van der Waals surface area (Å²) in [6.07, 6.45) is 3.00. The van der Waals surface area contributed by atoms with Gasteiger partial charge in [0.05, 0.1) is 7.11 Å². The SMILES string of the molecule is COC(=O)/C(=C/c1cc(C(C)(C)C)cc2c1-c1ccc(C(C)(C)C)cc1C2)C(C)(C)C. The lowest BCUT2D eigenvalue weighted by molar-refractivity contribution is -0.137. The molecule has 0 heterocycles. The lowest BCUT2D eigenvalue weighted by Gasteiger charge is -2.24. The third-order valence-electron chi connectivity index (χ3n) is 6.25. The smallest absolute Gasteiger partial charge is 0.334 e. The first kappa shape index (κ1) is 23.3. The highest BCUT2D eigenvalue weighted by atomic mass is 16.5. The first-order valence-corrected chi connectivity index (χ1v) is 11.2. The van der Waals surface area contributed by atoms with Gasteiger partial charge in [-0.1, -0.05) is 92.6 Å². The van der Waals surface area contributed by atoms with Gasteiger partial charge >= 0.3 is 5.97 Å². The summed E-state index contributed by atoms with van der Waals surface area (Å²) in [6.45, 7) is 19.7. The Hall–Kier alpha value is -2.35. The molecular weight excluding hydrogens is 380 g/mol. The molecule has 0 saturated heterocycles. The van der Waals surface area contributed by atoms with E-state index in [1.807, 2.05) is 0 Å². The minimum atomic E-state index is -0.310. The number of fused-ring (bicyclic) bond motifs is 3. The van der Waals surface area contributed by atoms with Crippen molar-refractivity contribution in [3.63, 3.8) is 0 Å². The van der Waals surface area contributed by atoms with Crippen molar-refractivity contribution in [2.24, 2.45) is 5.41 Å². The zero-order valence-electron chi connectivity index (χ0n) is 21.0. The number of methoxy groups -OCH3 is 1. The monoisotopic (exact) mass is 418 g/mol. The van der Waals surface area contributed by atoms with Crippen molar-refractivity contribution in [3.05, 3.63) is 63.7 Å². The topological polar surface area (TPSA) is 26.3 Å². The Balaban J connectivity index is 2.30. The van der Waals surface area contributed by atoms with Gasteiger partial charge in [0.1, 0.15) is 0 Å². The van der Waals surface area contributed by atoms with Crippen molar-refractivity contribution in [2.45, 2.75) is 79.6 Å². The molecule has 0 amide bonds. The lowest BCUT2D eigenvalue weighted by Crippen LogP contribution is -2.19. The van der Waals surface area contributed by atoms with Crippen LogP contribution in [0.4, 0.5) is 0 Å². The van der Waals surface area contributed by atoms with Crippen molar-refractivity contribution in [1.82, 2.24) is 0 Å². The third-order valence-corrected chi connectivity index (χ3v) is 6.25. The summed E-state index contributed by atoms with van der Waals surface area (Å²) in [7, 11) is 1.46. The molecule has 0 radical (unpaired) electrons. The Bertz CT molecular complexity index is 1050. The maximum Gasteiger partial charge on any atom is 0.334 e. The van der Waals surface area contributed by atoms with Crippen LogP contribution in [0.1, 0.15) is 90.1 Å². The molecule has 0 aliphatic heterocycles. The van der Waals surface area contributed by atoms with Crippen LogP contribution in [0.15, 0.2) is 35.9 Å². The van der Waals surface area contributed by atoms with Crippen molar-refractivity contribution in [1.29, 1.82) is 0 Å². The lowest BCUT2D eigenvalue weighted by atomic mass is 9.81. The summed E-state index contributed by atoms with van der Waals surface area (Å²) in [5.41, 5.74) is 9.55.